The van der Waals surface area contributed by atoms with Crippen molar-refractivity contribution in [3.05, 3.63) is 192 Å². The molecule has 1 aliphatic heterocycles. The third kappa shape index (κ3) is 5.02. The van der Waals surface area contributed by atoms with Crippen LogP contribution in [0.1, 0.15) is 30.4 Å². The molecule has 10 aromatic rings. The van der Waals surface area contributed by atoms with Crippen molar-refractivity contribution in [1.82, 2.24) is 0 Å². The van der Waals surface area contributed by atoms with Gasteiger partial charge in [0.2, 0.25) is 0 Å². The normalized spacial score (nSPS) is 16.6. The molecule has 0 N–H and O–H groups in total. The Morgan fingerprint density at radius 1 is 0.448 bits per heavy atom. The second-order valence-corrected chi connectivity index (χ2v) is 18.0. The van der Waals surface area contributed by atoms with Crippen molar-refractivity contribution in [2.75, 3.05) is 0 Å². The molecule has 0 saturated heterocycles. The number of furan rings is 1. The van der Waals surface area contributed by atoms with Crippen LogP contribution in [-0.2, 0) is 4.74 Å². The molecule has 2 aliphatic carbocycles. The summed E-state index contributed by atoms with van der Waals surface area (Å²) in [5.41, 5.74) is 13.4. The summed E-state index contributed by atoms with van der Waals surface area (Å²) in [4.78, 5) is 0. The summed E-state index contributed by atoms with van der Waals surface area (Å²) in [6.45, 7) is 0. The van der Waals surface area contributed by atoms with Crippen molar-refractivity contribution in [1.29, 1.82) is 0 Å². The van der Waals surface area contributed by atoms with Crippen LogP contribution in [0.4, 0.5) is 0 Å². The molecule has 3 aromatic heterocycles. The molecule has 0 saturated carbocycles. The van der Waals surface area contributed by atoms with Gasteiger partial charge in [0, 0.05) is 69.0 Å². The maximum atomic E-state index is 6.48. The third-order valence-corrected chi connectivity index (χ3v) is 14.9. The van der Waals surface area contributed by atoms with Crippen LogP contribution < -0.4 is 0 Å². The lowest BCUT2D eigenvalue weighted by molar-refractivity contribution is 0.292. The SMILES string of the molecule is C1=C(c2ccccc2)CCC2=C1C1CC(c3ccc4sc5ccc6sc7ccc(-c8ccc9oc%10ccc(-c%11ccccc%11)cc%10c9c8)cc7c6c5c4c3)=CC=C1O2. The number of hydrogen-bond donors (Lipinski definition) is 0. The van der Waals surface area contributed by atoms with Gasteiger partial charge in [0.05, 0.1) is 0 Å². The zero-order valence-corrected chi connectivity index (χ0v) is 33.1. The summed E-state index contributed by atoms with van der Waals surface area (Å²) in [5, 5.41) is 7.69. The highest BCUT2D eigenvalue weighted by Gasteiger charge is 2.35. The second kappa shape index (κ2) is 12.5. The van der Waals surface area contributed by atoms with Crippen molar-refractivity contribution in [3.63, 3.8) is 0 Å². The van der Waals surface area contributed by atoms with Crippen LogP contribution in [0.5, 0.6) is 0 Å². The van der Waals surface area contributed by atoms with E-state index in [1.54, 1.807) is 0 Å². The van der Waals surface area contributed by atoms with E-state index in [0.717, 1.165) is 52.7 Å². The first kappa shape index (κ1) is 32.6. The van der Waals surface area contributed by atoms with Gasteiger partial charge in [0.15, 0.2) is 0 Å². The van der Waals surface area contributed by atoms with Gasteiger partial charge in [0.25, 0.3) is 0 Å². The van der Waals surface area contributed by atoms with Crippen LogP contribution in [0.3, 0.4) is 0 Å². The number of thiophene rings is 2. The van der Waals surface area contributed by atoms with Crippen LogP contribution >= 0.6 is 22.7 Å². The summed E-state index contributed by atoms with van der Waals surface area (Å²) in [7, 11) is 0. The van der Waals surface area contributed by atoms with Crippen LogP contribution in [-0.4, -0.2) is 0 Å². The first-order valence-corrected chi connectivity index (χ1v) is 21.7. The molecular formula is C54H34O2S2. The molecule has 1 unspecified atom stereocenters. The minimum atomic E-state index is 0.264. The highest BCUT2D eigenvalue weighted by atomic mass is 32.1. The molecule has 0 fully saturated rings. The van der Waals surface area contributed by atoms with Crippen molar-refractivity contribution in [2.45, 2.75) is 19.3 Å². The summed E-state index contributed by atoms with van der Waals surface area (Å²) in [6.07, 6.45) is 9.87. The van der Waals surface area contributed by atoms with Gasteiger partial charge in [-0.3, -0.25) is 0 Å². The Morgan fingerprint density at radius 2 is 1.00 bits per heavy atom. The predicted octanol–water partition coefficient (Wildman–Crippen LogP) is 16.1. The van der Waals surface area contributed by atoms with Crippen LogP contribution in [0.15, 0.2) is 185 Å². The molecule has 274 valence electrons. The van der Waals surface area contributed by atoms with Crippen molar-refractivity contribution in [3.8, 4) is 22.3 Å². The molecule has 4 heteroatoms. The average molecular weight is 779 g/mol. The number of hydrogen-bond acceptors (Lipinski definition) is 4. The lowest BCUT2D eigenvalue weighted by atomic mass is 9.81. The van der Waals surface area contributed by atoms with Gasteiger partial charge >= 0.3 is 0 Å². The van der Waals surface area contributed by atoms with E-state index < -0.39 is 0 Å². The molecule has 58 heavy (non-hydrogen) atoms. The summed E-state index contributed by atoms with van der Waals surface area (Å²) < 4.78 is 18.1. The molecule has 0 bridgehead atoms. The minimum absolute atomic E-state index is 0.264. The van der Waals surface area contributed by atoms with Gasteiger partial charge in [-0.2, -0.15) is 0 Å². The summed E-state index contributed by atoms with van der Waals surface area (Å²) >= 11 is 3.80. The van der Waals surface area contributed by atoms with E-state index in [2.05, 4.69) is 164 Å². The fourth-order valence-electron chi connectivity index (χ4n) is 9.71. The highest BCUT2D eigenvalue weighted by molar-refractivity contribution is 7.28. The Labute approximate surface area is 342 Å². The van der Waals surface area contributed by atoms with Gasteiger partial charge in [-0.25, -0.2) is 0 Å². The lowest BCUT2D eigenvalue weighted by Crippen LogP contribution is -2.07. The van der Waals surface area contributed by atoms with Crippen molar-refractivity contribution < 1.29 is 9.15 Å². The molecule has 3 aliphatic rings. The zero-order valence-electron chi connectivity index (χ0n) is 31.4. The maximum absolute atomic E-state index is 6.48. The third-order valence-electron chi connectivity index (χ3n) is 12.6. The Morgan fingerprint density at radius 3 is 1.67 bits per heavy atom. The van der Waals surface area contributed by atoms with Crippen LogP contribution in [0.25, 0.3) is 95.7 Å². The quantitative estimate of drug-likeness (QED) is 0.178. The zero-order chi connectivity index (χ0) is 37.9. The Balaban J connectivity index is 0.900. The number of ether oxygens (including phenoxy) is 1. The summed E-state index contributed by atoms with van der Waals surface area (Å²) in [5.74, 6) is 2.52. The van der Waals surface area contributed by atoms with E-state index in [1.807, 2.05) is 22.7 Å². The van der Waals surface area contributed by atoms with E-state index in [-0.39, 0.29) is 5.92 Å². The summed E-state index contributed by atoms with van der Waals surface area (Å²) in [6, 6.07) is 53.4. The van der Waals surface area contributed by atoms with E-state index in [1.165, 1.54) is 90.4 Å². The van der Waals surface area contributed by atoms with Gasteiger partial charge in [-0.05, 0) is 124 Å². The number of fused-ring (bicyclic) bond motifs is 12. The van der Waals surface area contributed by atoms with E-state index >= 15 is 0 Å². The Bertz CT molecular complexity index is 3500. The van der Waals surface area contributed by atoms with Crippen molar-refractivity contribution >= 4 is 96.1 Å². The van der Waals surface area contributed by atoms with Gasteiger partial charge < -0.3 is 9.15 Å². The fourth-order valence-corrected chi connectivity index (χ4v) is 11.9. The van der Waals surface area contributed by atoms with Crippen molar-refractivity contribution in [2.24, 2.45) is 5.92 Å². The Kier molecular flexibility index (Phi) is 7.04. The number of allylic oxidation sites excluding steroid dienone is 7. The molecule has 2 nitrogen and oxygen atoms in total. The van der Waals surface area contributed by atoms with E-state index in [9.17, 15) is 0 Å². The Hall–Kier alpha value is -6.46. The second-order valence-electron chi connectivity index (χ2n) is 15.9. The average Bonchev–Trinajstić information content (AvgIpc) is 4.05. The van der Waals surface area contributed by atoms with Gasteiger partial charge in [0.1, 0.15) is 22.7 Å². The monoisotopic (exact) mass is 778 g/mol. The van der Waals surface area contributed by atoms with Gasteiger partial charge in [-0.15, -0.1) is 22.7 Å². The lowest BCUT2D eigenvalue weighted by Gasteiger charge is -2.20. The largest absolute Gasteiger partial charge is 0.465 e. The fraction of sp³-hybridized carbons (Fsp3) is 0.0741. The van der Waals surface area contributed by atoms with E-state index in [0.29, 0.717) is 0 Å². The molecular weight excluding hydrogens is 745 g/mol. The van der Waals surface area contributed by atoms with E-state index in [4.69, 9.17) is 9.15 Å². The first-order valence-electron chi connectivity index (χ1n) is 20.1. The van der Waals surface area contributed by atoms with Gasteiger partial charge in [-0.1, -0.05) is 97.1 Å². The molecule has 13 rings (SSSR count). The predicted molar refractivity (Wildman–Crippen MR) is 246 cm³/mol. The first-order chi connectivity index (χ1) is 28.7. The standard InChI is InChI=1S/C54H34O2S2/c1-3-7-31(8-4-1)33-11-17-45-39(25-33)41-27-35(13-19-47(41)55-45)37-15-21-49-43(29-37)53-51(57-49)23-24-52-54(53)44-30-38(16-22-50(44)58-52)36-14-20-48-42(28-36)40-26-34(12-18-46(40)56-48)32-9-5-2-6-10-32/h1-11,13-17,19-27,29-30,42H,12,18,28H2. The molecule has 1 atom stereocenters. The van der Waals surface area contributed by atoms with Crippen LogP contribution in [0.2, 0.25) is 0 Å². The van der Waals surface area contributed by atoms with Crippen LogP contribution in [0, 0.1) is 5.92 Å². The smallest absolute Gasteiger partial charge is 0.135 e. The minimum Gasteiger partial charge on any atom is -0.465 e. The molecule has 0 radical (unpaired) electrons. The topological polar surface area (TPSA) is 22.4 Å². The molecule has 4 heterocycles. The molecule has 0 spiro atoms. The maximum Gasteiger partial charge on any atom is 0.135 e. The number of rotatable bonds is 4. The number of benzene rings is 7. The highest BCUT2D eigenvalue weighted by Crippen LogP contribution is 2.50. The molecule has 0 amide bonds. The molecule has 7 aromatic carbocycles.